The smallest absolute Gasteiger partial charge is 0.266 e. The van der Waals surface area contributed by atoms with E-state index in [-0.39, 0.29) is 31.8 Å². The Morgan fingerprint density at radius 3 is 2.45 bits per heavy atom. The van der Waals surface area contributed by atoms with E-state index < -0.39 is 12.0 Å². The number of ether oxygens (including phenoxy) is 2. The van der Waals surface area contributed by atoms with Gasteiger partial charge in [-0.1, -0.05) is 0 Å². The molecule has 7 heteroatoms. The Morgan fingerprint density at radius 2 is 1.82 bits per heavy atom. The summed E-state index contributed by atoms with van der Waals surface area (Å²) in [4.78, 5) is 13.9. The zero-order valence-electron chi connectivity index (χ0n) is 11.9. The van der Waals surface area contributed by atoms with Crippen molar-refractivity contribution in [2.24, 2.45) is 0 Å². The van der Waals surface area contributed by atoms with Crippen LogP contribution >= 0.6 is 0 Å². The number of piperidine rings is 1. The van der Waals surface area contributed by atoms with Crippen molar-refractivity contribution < 1.29 is 28.2 Å². The topological polar surface area (TPSA) is 59.0 Å². The molecule has 0 radical (unpaired) electrons. The number of amides is 1. The fourth-order valence-corrected chi connectivity index (χ4v) is 2.67. The molecule has 0 spiro atoms. The van der Waals surface area contributed by atoms with Crippen LogP contribution in [0, 0.1) is 0 Å². The summed E-state index contributed by atoms with van der Waals surface area (Å²) >= 11 is 0. The van der Waals surface area contributed by atoms with Crippen LogP contribution in [-0.2, 0) is 0 Å². The SMILES string of the molecule is O=C(c1ccc2c(c1)OCCO2)N1CCC(O)(C(F)F)CC1. The predicted molar refractivity (Wildman–Crippen MR) is 73.5 cm³/mol. The van der Waals surface area contributed by atoms with Crippen molar-refractivity contribution in [1.82, 2.24) is 4.90 Å². The van der Waals surface area contributed by atoms with E-state index in [1.807, 2.05) is 0 Å². The Labute approximate surface area is 126 Å². The molecule has 5 nitrogen and oxygen atoms in total. The van der Waals surface area contributed by atoms with Crippen LogP contribution in [0.15, 0.2) is 18.2 Å². The van der Waals surface area contributed by atoms with Crippen molar-refractivity contribution >= 4 is 5.91 Å². The number of fused-ring (bicyclic) bond motifs is 1. The first-order chi connectivity index (χ1) is 10.5. The normalized spacial score (nSPS) is 20.1. The number of rotatable bonds is 2. The number of halogens is 2. The van der Waals surface area contributed by atoms with E-state index in [4.69, 9.17) is 9.47 Å². The second-order valence-electron chi connectivity index (χ2n) is 5.55. The van der Waals surface area contributed by atoms with E-state index in [9.17, 15) is 18.7 Å². The fraction of sp³-hybridized carbons (Fsp3) is 0.533. The van der Waals surface area contributed by atoms with Crippen molar-refractivity contribution in [3.8, 4) is 11.5 Å². The van der Waals surface area contributed by atoms with Crippen molar-refractivity contribution in [2.45, 2.75) is 24.9 Å². The molecule has 2 aliphatic rings. The number of hydrogen-bond donors (Lipinski definition) is 1. The van der Waals surface area contributed by atoms with Crippen LogP contribution in [0.25, 0.3) is 0 Å². The summed E-state index contributed by atoms with van der Waals surface area (Å²) in [6.45, 7) is 1.11. The van der Waals surface area contributed by atoms with Gasteiger partial charge in [-0.15, -0.1) is 0 Å². The molecule has 1 aromatic rings. The Balaban J connectivity index is 1.70. The molecule has 0 aliphatic carbocycles. The summed E-state index contributed by atoms with van der Waals surface area (Å²) in [5.41, 5.74) is -1.56. The number of aliphatic hydroxyl groups is 1. The summed E-state index contributed by atoms with van der Waals surface area (Å²) in [6, 6.07) is 4.90. The van der Waals surface area contributed by atoms with Crippen LogP contribution in [0.1, 0.15) is 23.2 Å². The van der Waals surface area contributed by atoms with Gasteiger partial charge in [0.25, 0.3) is 12.3 Å². The Hall–Kier alpha value is -1.89. The van der Waals surface area contributed by atoms with E-state index in [1.165, 1.54) is 4.90 Å². The molecule has 1 fully saturated rings. The van der Waals surface area contributed by atoms with Crippen LogP contribution in [-0.4, -0.2) is 54.2 Å². The lowest BCUT2D eigenvalue weighted by Crippen LogP contribution is -2.50. The third-order valence-electron chi connectivity index (χ3n) is 4.11. The minimum absolute atomic E-state index is 0.105. The first-order valence-corrected chi connectivity index (χ1v) is 7.19. The van der Waals surface area contributed by atoms with E-state index in [0.717, 1.165) is 0 Å². The molecule has 3 rings (SSSR count). The van der Waals surface area contributed by atoms with Crippen LogP contribution in [0.4, 0.5) is 8.78 Å². The van der Waals surface area contributed by atoms with Crippen LogP contribution < -0.4 is 9.47 Å². The van der Waals surface area contributed by atoms with Gasteiger partial charge in [0.1, 0.15) is 18.8 Å². The van der Waals surface area contributed by atoms with E-state index in [1.54, 1.807) is 18.2 Å². The van der Waals surface area contributed by atoms with Gasteiger partial charge in [-0.2, -0.15) is 0 Å². The number of nitrogens with zero attached hydrogens (tertiary/aromatic N) is 1. The molecule has 1 aromatic carbocycles. The highest BCUT2D eigenvalue weighted by Crippen LogP contribution is 2.32. The Bertz CT molecular complexity index is 571. The third-order valence-corrected chi connectivity index (χ3v) is 4.11. The number of carbonyl (C=O) groups is 1. The van der Waals surface area contributed by atoms with Crippen LogP contribution in [0.3, 0.4) is 0 Å². The van der Waals surface area contributed by atoms with Gasteiger partial charge < -0.3 is 19.5 Å². The maximum Gasteiger partial charge on any atom is 0.266 e. The molecule has 0 saturated carbocycles. The molecule has 0 unspecified atom stereocenters. The van der Waals surface area contributed by atoms with Crippen molar-refractivity contribution in [1.29, 1.82) is 0 Å². The average molecular weight is 313 g/mol. The number of carbonyl (C=O) groups excluding carboxylic acids is 1. The molecule has 1 N–H and O–H groups in total. The highest BCUT2D eigenvalue weighted by molar-refractivity contribution is 5.95. The summed E-state index contributed by atoms with van der Waals surface area (Å²) in [6.07, 6.45) is -3.04. The standard InChI is InChI=1S/C15H17F2NO4/c16-14(17)15(20)3-5-18(6-4-15)13(19)10-1-2-11-12(9-10)22-8-7-21-11/h1-2,9,14,20H,3-8H2. The van der Waals surface area contributed by atoms with Gasteiger partial charge in [-0.05, 0) is 31.0 Å². The minimum atomic E-state index is -2.79. The lowest BCUT2D eigenvalue weighted by molar-refractivity contribution is -0.122. The summed E-state index contributed by atoms with van der Waals surface area (Å²) < 4.78 is 36.3. The second-order valence-corrected chi connectivity index (χ2v) is 5.55. The molecule has 0 aromatic heterocycles. The zero-order valence-corrected chi connectivity index (χ0v) is 11.9. The minimum Gasteiger partial charge on any atom is -0.486 e. The van der Waals surface area contributed by atoms with Gasteiger partial charge >= 0.3 is 0 Å². The van der Waals surface area contributed by atoms with Gasteiger partial charge in [-0.25, -0.2) is 8.78 Å². The molecule has 0 bridgehead atoms. The first kappa shape index (κ1) is 15.0. The lowest BCUT2D eigenvalue weighted by Gasteiger charge is -2.37. The Kier molecular flexibility index (Phi) is 3.90. The van der Waals surface area contributed by atoms with Gasteiger partial charge in [-0.3, -0.25) is 4.79 Å². The predicted octanol–water partition coefficient (Wildman–Crippen LogP) is 1.69. The van der Waals surface area contributed by atoms with Crippen LogP contribution in [0.5, 0.6) is 11.5 Å². The van der Waals surface area contributed by atoms with Crippen LogP contribution in [0.2, 0.25) is 0 Å². The number of hydrogen-bond acceptors (Lipinski definition) is 4. The average Bonchev–Trinajstić information content (AvgIpc) is 2.54. The second kappa shape index (κ2) is 5.72. The molecule has 120 valence electrons. The molecular formula is C15H17F2NO4. The molecule has 1 amide bonds. The maximum atomic E-state index is 12.8. The number of alkyl halides is 2. The van der Waals surface area contributed by atoms with E-state index in [2.05, 4.69) is 0 Å². The quantitative estimate of drug-likeness (QED) is 0.903. The van der Waals surface area contributed by atoms with E-state index in [0.29, 0.717) is 30.3 Å². The molecule has 2 heterocycles. The fourth-order valence-electron chi connectivity index (χ4n) is 2.67. The largest absolute Gasteiger partial charge is 0.486 e. The van der Waals surface area contributed by atoms with Gasteiger partial charge in [0.2, 0.25) is 0 Å². The monoisotopic (exact) mass is 313 g/mol. The molecule has 1 saturated heterocycles. The molecule has 0 atom stereocenters. The van der Waals surface area contributed by atoms with Gasteiger partial charge in [0.05, 0.1) is 0 Å². The number of benzene rings is 1. The van der Waals surface area contributed by atoms with Crippen molar-refractivity contribution in [3.05, 3.63) is 23.8 Å². The molecule has 22 heavy (non-hydrogen) atoms. The first-order valence-electron chi connectivity index (χ1n) is 7.19. The summed E-state index contributed by atoms with van der Waals surface area (Å²) in [5.74, 6) is 0.847. The Morgan fingerprint density at radius 1 is 1.18 bits per heavy atom. The zero-order chi connectivity index (χ0) is 15.7. The molecular weight excluding hydrogens is 296 g/mol. The lowest BCUT2D eigenvalue weighted by atomic mass is 9.91. The maximum absolute atomic E-state index is 12.8. The van der Waals surface area contributed by atoms with Crippen molar-refractivity contribution in [2.75, 3.05) is 26.3 Å². The molecule has 2 aliphatic heterocycles. The summed E-state index contributed by atoms with van der Waals surface area (Å²) in [7, 11) is 0. The van der Waals surface area contributed by atoms with Gasteiger partial charge in [0, 0.05) is 18.7 Å². The van der Waals surface area contributed by atoms with Gasteiger partial charge in [0.15, 0.2) is 11.5 Å². The third kappa shape index (κ3) is 2.72. The number of likely N-dealkylation sites (tertiary alicyclic amines) is 1. The van der Waals surface area contributed by atoms with Crippen molar-refractivity contribution in [3.63, 3.8) is 0 Å². The summed E-state index contributed by atoms with van der Waals surface area (Å²) in [5, 5.41) is 9.75. The highest BCUT2D eigenvalue weighted by Gasteiger charge is 2.41. The highest BCUT2D eigenvalue weighted by atomic mass is 19.3. The van der Waals surface area contributed by atoms with E-state index >= 15 is 0 Å².